The summed E-state index contributed by atoms with van der Waals surface area (Å²) in [6.07, 6.45) is 0. The van der Waals surface area contributed by atoms with Gasteiger partial charge in [0.05, 0.1) is 28.4 Å². The Balaban J connectivity index is 2.45. The molecule has 2 aromatic rings. The lowest BCUT2D eigenvalue weighted by atomic mass is 10.1. The third kappa shape index (κ3) is 3.41. The van der Waals surface area contributed by atoms with Gasteiger partial charge in [-0.25, -0.2) is 0 Å². The second kappa shape index (κ2) is 7.38. The summed E-state index contributed by atoms with van der Waals surface area (Å²) in [5.41, 5.74) is 1.12. The van der Waals surface area contributed by atoms with Crippen molar-refractivity contribution in [2.45, 2.75) is 0 Å². The van der Waals surface area contributed by atoms with E-state index in [0.717, 1.165) is 0 Å². The lowest BCUT2D eigenvalue weighted by Gasteiger charge is -2.09. The van der Waals surface area contributed by atoms with Crippen LogP contribution < -0.4 is 18.9 Å². The van der Waals surface area contributed by atoms with Crippen LogP contribution in [-0.4, -0.2) is 38.7 Å². The summed E-state index contributed by atoms with van der Waals surface area (Å²) in [6, 6.07) is 6.31. The van der Waals surface area contributed by atoms with Crippen molar-refractivity contribution in [2.75, 3.05) is 28.4 Å². The van der Waals surface area contributed by atoms with Gasteiger partial charge < -0.3 is 29.2 Å². The highest BCUT2D eigenvalue weighted by Gasteiger charge is 2.12. The first-order valence-electron chi connectivity index (χ1n) is 6.96. The number of benzene rings is 2. The third-order valence-corrected chi connectivity index (χ3v) is 3.29. The predicted octanol–water partition coefficient (Wildman–Crippen LogP) is 2.53. The highest BCUT2D eigenvalue weighted by molar-refractivity contribution is 5.60. The molecule has 0 aliphatic rings. The quantitative estimate of drug-likeness (QED) is 0.839. The molecule has 126 valence electrons. The van der Waals surface area contributed by atoms with E-state index in [9.17, 15) is 10.2 Å². The average Bonchev–Trinajstić information content (AvgIpc) is 2.60. The largest absolute Gasteiger partial charge is 0.504 e. The fourth-order valence-corrected chi connectivity index (χ4v) is 2.13. The number of methoxy groups -OCH3 is 4. The normalized spacial score (nSPS) is 9.67. The van der Waals surface area contributed by atoms with Gasteiger partial charge in [-0.3, -0.25) is 0 Å². The Morgan fingerprint density at radius 2 is 1.12 bits per heavy atom. The SMILES string of the molecule is COc1cc(C#Cc2cc(O)c(OC)c(OC)c2)cc(OC)c1O. The van der Waals surface area contributed by atoms with E-state index in [1.165, 1.54) is 34.5 Å². The number of ether oxygens (including phenoxy) is 4. The molecule has 6 heteroatoms. The zero-order valence-corrected chi connectivity index (χ0v) is 13.8. The third-order valence-electron chi connectivity index (χ3n) is 3.29. The standard InChI is InChI=1S/C18H18O6/c1-21-14-8-12(9-15(22-2)17(14)20)6-5-11-7-13(19)18(24-4)16(10-11)23-3/h7-10,19-20H,1-4H3. The van der Waals surface area contributed by atoms with E-state index in [4.69, 9.17) is 18.9 Å². The maximum atomic E-state index is 9.96. The van der Waals surface area contributed by atoms with E-state index >= 15 is 0 Å². The summed E-state index contributed by atoms with van der Waals surface area (Å²) in [5, 5.41) is 19.9. The molecule has 0 aliphatic heterocycles. The minimum absolute atomic E-state index is 0.0676. The lowest BCUT2D eigenvalue weighted by molar-refractivity contribution is 0.333. The molecule has 0 atom stereocenters. The summed E-state index contributed by atoms with van der Waals surface area (Å²) in [4.78, 5) is 0. The molecule has 0 bridgehead atoms. The van der Waals surface area contributed by atoms with Crippen LogP contribution >= 0.6 is 0 Å². The molecule has 0 unspecified atom stereocenters. The molecule has 0 saturated carbocycles. The van der Waals surface area contributed by atoms with Crippen molar-refractivity contribution < 1.29 is 29.2 Å². The molecule has 0 radical (unpaired) electrons. The molecule has 0 saturated heterocycles. The van der Waals surface area contributed by atoms with E-state index in [1.54, 1.807) is 18.2 Å². The van der Waals surface area contributed by atoms with Crippen LogP contribution in [0.1, 0.15) is 11.1 Å². The molecule has 0 aromatic heterocycles. The molecule has 0 amide bonds. The first-order valence-corrected chi connectivity index (χ1v) is 6.96. The number of aromatic hydroxyl groups is 2. The van der Waals surface area contributed by atoms with Gasteiger partial charge in [-0.1, -0.05) is 11.8 Å². The van der Waals surface area contributed by atoms with Gasteiger partial charge in [0.2, 0.25) is 11.5 Å². The van der Waals surface area contributed by atoms with Crippen LogP contribution in [0.2, 0.25) is 0 Å². The first kappa shape index (κ1) is 17.2. The van der Waals surface area contributed by atoms with Crippen molar-refractivity contribution in [3.8, 4) is 46.3 Å². The Labute approximate surface area is 140 Å². The van der Waals surface area contributed by atoms with Gasteiger partial charge in [-0.2, -0.15) is 0 Å². The summed E-state index contributed by atoms with van der Waals surface area (Å²) < 4.78 is 20.4. The molecule has 2 N–H and O–H groups in total. The Morgan fingerprint density at radius 3 is 1.58 bits per heavy atom. The summed E-state index contributed by atoms with van der Waals surface area (Å²) >= 11 is 0. The van der Waals surface area contributed by atoms with Crippen LogP contribution in [-0.2, 0) is 0 Å². The molecular weight excluding hydrogens is 312 g/mol. The number of hydrogen-bond donors (Lipinski definition) is 2. The van der Waals surface area contributed by atoms with Crippen LogP contribution in [0.5, 0.6) is 34.5 Å². The zero-order chi connectivity index (χ0) is 17.7. The molecule has 24 heavy (non-hydrogen) atoms. The van der Waals surface area contributed by atoms with Gasteiger partial charge in [-0.15, -0.1) is 0 Å². The maximum Gasteiger partial charge on any atom is 0.203 e. The van der Waals surface area contributed by atoms with Gasteiger partial charge in [0.15, 0.2) is 23.0 Å². The van der Waals surface area contributed by atoms with Crippen molar-refractivity contribution in [3.63, 3.8) is 0 Å². The van der Waals surface area contributed by atoms with E-state index in [2.05, 4.69) is 11.8 Å². The zero-order valence-electron chi connectivity index (χ0n) is 13.8. The van der Waals surface area contributed by atoms with Gasteiger partial charge in [-0.05, 0) is 24.3 Å². The van der Waals surface area contributed by atoms with E-state index in [1.807, 2.05) is 0 Å². The van der Waals surface area contributed by atoms with E-state index < -0.39 is 0 Å². The van der Waals surface area contributed by atoms with Crippen LogP contribution in [0, 0.1) is 11.8 Å². The van der Waals surface area contributed by atoms with Gasteiger partial charge in [0.25, 0.3) is 0 Å². The van der Waals surface area contributed by atoms with Gasteiger partial charge in [0.1, 0.15) is 0 Å². The monoisotopic (exact) mass is 330 g/mol. The van der Waals surface area contributed by atoms with Crippen LogP contribution in [0.4, 0.5) is 0 Å². The van der Waals surface area contributed by atoms with Crippen LogP contribution in [0.25, 0.3) is 0 Å². The molecule has 0 spiro atoms. The van der Waals surface area contributed by atoms with Crippen molar-refractivity contribution >= 4 is 0 Å². The minimum Gasteiger partial charge on any atom is -0.504 e. The van der Waals surface area contributed by atoms with Gasteiger partial charge >= 0.3 is 0 Å². The number of hydrogen-bond acceptors (Lipinski definition) is 6. The van der Waals surface area contributed by atoms with Crippen LogP contribution in [0.15, 0.2) is 24.3 Å². The van der Waals surface area contributed by atoms with Crippen molar-refractivity contribution in [2.24, 2.45) is 0 Å². The molecule has 0 fully saturated rings. The second-order valence-corrected chi connectivity index (χ2v) is 4.71. The Morgan fingerprint density at radius 1 is 0.667 bits per heavy atom. The van der Waals surface area contributed by atoms with E-state index in [-0.39, 0.29) is 28.7 Å². The average molecular weight is 330 g/mol. The summed E-state index contributed by atoms with van der Waals surface area (Å²) in [5.74, 6) is 6.82. The minimum atomic E-state index is -0.0886. The Kier molecular flexibility index (Phi) is 5.27. The molecule has 0 aliphatic carbocycles. The Hall–Kier alpha value is -3.20. The second-order valence-electron chi connectivity index (χ2n) is 4.71. The molecule has 6 nitrogen and oxygen atoms in total. The predicted molar refractivity (Wildman–Crippen MR) is 88.4 cm³/mol. The summed E-state index contributed by atoms with van der Waals surface area (Å²) in [7, 11) is 5.80. The molecule has 2 aromatic carbocycles. The van der Waals surface area contributed by atoms with Crippen molar-refractivity contribution in [1.29, 1.82) is 0 Å². The number of phenolic OH excluding ortho intramolecular Hbond substituents is 2. The van der Waals surface area contributed by atoms with E-state index in [0.29, 0.717) is 16.9 Å². The molecule has 0 heterocycles. The molecule has 2 rings (SSSR count). The fraction of sp³-hybridized carbons (Fsp3) is 0.222. The van der Waals surface area contributed by atoms with Crippen molar-refractivity contribution in [1.82, 2.24) is 0 Å². The first-order chi connectivity index (χ1) is 11.5. The lowest BCUT2D eigenvalue weighted by Crippen LogP contribution is -1.92. The topological polar surface area (TPSA) is 77.4 Å². The maximum absolute atomic E-state index is 9.96. The van der Waals surface area contributed by atoms with Gasteiger partial charge in [0, 0.05) is 11.1 Å². The highest BCUT2D eigenvalue weighted by atomic mass is 16.5. The Bertz CT molecular complexity index is 776. The fourth-order valence-electron chi connectivity index (χ4n) is 2.13. The molecular formula is C18H18O6. The smallest absolute Gasteiger partial charge is 0.203 e. The number of rotatable bonds is 4. The highest BCUT2D eigenvalue weighted by Crippen LogP contribution is 2.38. The summed E-state index contributed by atoms with van der Waals surface area (Å²) in [6.45, 7) is 0. The van der Waals surface area contributed by atoms with Crippen molar-refractivity contribution in [3.05, 3.63) is 35.4 Å². The van der Waals surface area contributed by atoms with Crippen LogP contribution in [0.3, 0.4) is 0 Å². The number of phenols is 2.